The predicted molar refractivity (Wildman–Crippen MR) is 120 cm³/mol. The van der Waals surface area contributed by atoms with E-state index in [1.54, 1.807) is 12.1 Å². The normalized spacial score (nSPS) is 26.5. The summed E-state index contributed by atoms with van der Waals surface area (Å²) < 4.78 is 11.5. The van der Waals surface area contributed by atoms with Crippen LogP contribution in [-0.4, -0.2) is 51.4 Å². The van der Waals surface area contributed by atoms with Crippen molar-refractivity contribution in [1.29, 1.82) is 0 Å². The summed E-state index contributed by atoms with van der Waals surface area (Å²) >= 11 is 7.87. The first-order valence-corrected chi connectivity index (χ1v) is 11.7. The van der Waals surface area contributed by atoms with Gasteiger partial charge in [0.2, 0.25) is 0 Å². The average molecular weight is 453 g/mol. The Labute approximate surface area is 187 Å². The Morgan fingerprint density at radius 2 is 1.73 bits per heavy atom. The van der Waals surface area contributed by atoms with Crippen molar-refractivity contribution in [2.75, 3.05) is 12.4 Å². The number of hydrogen-bond acceptors (Lipinski definition) is 6. The molecule has 3 rings (SSSR count). The van der Waals surface area contributed by atoms with Crippen molar-refractivity contribution in [2.45, 2.75) is 56.5 Å². The Balaban J connectivity index is 1.80. The lowest BCUT2D eigenvalue weighted by Crippen LogP contribution is -2.53. The molecular weight excluding hydrogens is 424 g/mol. The summed E-state index contributed by atoms with van der Waals surface area (Å²) in [6.45, 7) is 4.61. The highest BCUT2D eigenvalue weighted by Gasteiger charge is 2.44. The number of ether oxygens (including phenoxy) is 2. The van der Waals surface area contributed by atoms with Crippen LogP contribution >= 0.6 is 23.4 Å². The summed E-state index contributed by atoms with van der Waals surface area (Å²) in [4.78, 5) is 0. The number of aliphatic hydroxyl groups is 3. The fourth-order valence-electron chi connectivity index (χ4n) is 3.49. The summed E-state index contributed by atoms with van der Waals surface area (Å²) in [5, 5.41) is 31.8. The highest BCUT2D eigenvalue weighted by atomic mass is 35.5. The Hall–Kier alpha value is -1.28. The first-order chi connectivity index (χ1) is 14.4. The van der Waals surface area contributed by atoms with Gasteiger partial charge in [-0.05, 0) is 60.4 Å². The quantitative estimate of drug-likeness (QED) is 0.562. The van der Waals surface area contributed by atoms with Crippen LogP contribution in [0, 0.1) is 0 Å². The van der Waals surface area contributed by atoms with E-state index in [4.69, 9.17) is 21.1 Å². The molecule has 3 N–H and O–H groups in total. The molecule has 1 saturated heterocycles. The molecule has 0 radical (unpaired) electrons. The molecule has 0 saturated carbocycles. The van der Waals surface area contributed by atoms with Gasteiger partial charge in [0, 0.05) is 5.02 Å². The van der Waals surface area contributed by atoms with Crippen molar-refractivity contribution in [3.63, 3.8) is 0 Å². The molecular formula is C23H29ClO5S. The van der Waals surface area contributed by atoms with Crippen molar-refractivity contribution in [1.82, 2.24) is 0 Å². The Bertz CT molecular complexity index is 816. The molecule has 2 aromatic carbocycles. The molecule has 1 heterocycles. The summed E-state index contributed by atoms with van der Waals surface area (Å²) in [5.74, 6) is 1.61. The minimum Gasteiger partial charge on any atom is -0.494 e. The summed E-state index contributed by atoms with van der Waals surface area (Å²) in [6.07, 6.45) is -2.84. The van der Waals surface area contributed by atoms with Gasteiger partial charge in [-0.2, -0.15) is 0 Å². The second kappa shape index (κ2) is 10.8. The van der Waals surface area contributed by atoms with E-state index < -0.39 is 29.9 Å². The van der Waals surface area contributed by atoms with Crippen LogP contribution in [0.2, 0.25) is 5.02 Å². The lowest BCUT2D eigenvalue weighted by molar-refractivity contribution is -0.200. The van der Waals surface area contributed by atoms with Crippen molar-refractivity contribution in [3.8, 4) is 5.75 Å². The molecule has 0 aliphatic carbocycles. The molecule has 5 nitrogen and oxygen atoms in total. The monoisotopic (exact) mass is 452 g/mol. The summed E-state index contributed by atoms with van der Waals surface area (Å²) in [5.41, 5.74) is 2.10. The first-order valence-electron chi connectivity index (χ1n) is 10.3. The van der Waals surface area contributed by atoms with Gasteiger partial charge >= 0.3 is 0 Å². The molecule has 1 fully saturated rings. The third-order valence-corrected chi connectivity index (χ3v) is 6.81. The van der Waals surface area contributed by atoms with Crippen LogP contribution in [0.5, 0.6) is 5.75 Å². The van der Waals surface area contributed by atoms with Crippen molar-refractivity contribution >= 4 is 23.4 Å². The molecule has 30 heavy (non-hydrogen) atoms. The molecule has 0 bridgehead atoms. The lowest BCUT2D eigenvalue weighted by atomic mass is 9.92. The van der Waals surface area contributed by atoms with Gasteiger partial charge in [0.15, 0.2) is 0 Å². The van der Waals surface area contributed by atoms with E-state index >= 15 is 0 Å². The highest BCUT2D eigenvalue weighted by Crippen LogP contribution is 2.38. The van der Waals surface area contributed by atoms with Gasteiger partial charge in [0.05, 0.1) is 6.61 Å². The van der Waals surface area contributed by atoms with E-state index in [1.807, 2.05) is 44.2 Å². The molecule has 5 atom stereocenters. The topological polar surface area (TPSA) is 79.2 Å². The molecule has 1 aliphatic rings. The fraction of sp³-hybridized carbons (Fsp3) is 0.478. The van der Waals surface area contributed by atoms with Gasteiger partial charge in [-0.1, -0.05) is 42.8 Å². The summed E-state index contributed by atoms with van der Waals surface area (Å²) in [7, 11) is 0. The van der Waals surface area contributed by atoms with Gasteiger partial charge in [0.1, 0.15) is 35.6 Å². The van der Waals surface area contributed by atoms with Crippen LogP contribution < -0.4 is 4.74 Å². The second-order valence-electron chi connectivity index (χ2n) is 7.37. The third-order valence-electron chi connectivity index (χ3n) is 5.08. The Kier molecular flexibility index (Phi) is 8.45. The molecule has 0 spiro atoms. The standard InChI is InChI=1S/C23H29ClO5S/c1-3-11-30-23-21(27)19(25)20(26)22(29-23)15-7-10-18(24)16(13-15)12-14-5-8-17(9-6-14)28-4-2/h5-10,13,19-23,25-27H,3-4,11-12H2,1-2H3/t19-,20-,21-,22-,23-/m1/s1. The Morgan fingerprint density at radius 3 is 2.40 bits per heavy atom. The Morgan fingerprint density at radius 1 is 1.00 bits per heavy atom. The molecule has 1 aliphatic heterocycles. The second-order valence-corrected chi connectivity index (χ2v) is 8.99. The number of aliphatic hydroxyl groups excluding tert-OH is 3. The molecule has 0 unspecified atom stereocenters. The minimum atomic E-state index is -1.27. The number of halogens is 1. The van der Waals surface area contributed by atoms with Crippen LogP contribution in [0.25, 0.3) is 0 Å². The van der Waals surface area contributed by atoms with Crippen LogP contribution in [0.1, 0.15) is 43.1 Å². The maximum atomic E-state index is 10.5. The summed E-state index contributed by atoms with van der Waals surface area (Å²) in [6, 6.07) is 13.3. The number of rotatable bonds is 8. The zero-order chi connectivity index (χ0) is 21.7. The van der Waals surface area contributed by atoms with Gasteiger partial charge in [-0.3, -0.25) is 0 Å². The smallest absolute Gasteiger partial charge is 0.132 e. The molecule has 164 valence electrons. The average Bonchev–Trinajstić information content (AvgIpc) is 2.75. The maximum Gasteiger partial charge on any atom is 0.132 e. The predicted octanol–water partition coefficient (Wildman–Crippen LogP) is 3.95. The minimum absolute atomic E-state index is 0.599. The first kappa shape index (κ1) is 23.4. The maximum absolute atomic E-state index is 10.5. The van der Waals surface area contributed by atoms with Gasteiger partial charge in [-0.15, -0.1) is 11.8 Å². The van der Waals surface area contributed by atoms with E-state index in [-0.39, 0.29) is 0 Å². The molecule has 2 aromatic rings. The zero-order valence-corrected chi connectivity index (χ0v) is 18.8. The van der Waals surface area contributed by atoms with Crippen LogP contribution in [0.4, 0.5) is 0 Å². The molecule has 7 heteroatoms. The van der Waals surface area contributed by atoms with Crippen molar-refractivity contribution in [2.24, 2.45) is 0 Å². The van der Waals surface area contributed by atoms with Gasteiger partial charge < -0.3 is 24.8 Å². The van der Waals surface area contributed by atoms with E-state index in [2.05, 4.69) is 0 Å². The largest absolute Gasteiger partial charge is 0.494 e. The van der Waals surface area contributed by atoms with Gasteiger partial charge in [-0.25, -0.2) is 0 Å². The van der Waals surface area contributed by atoms with Gasteiger partial charge in [0.25, 0.3) is 0 Å². The molecule has 0 amide bonds. The van der Waals surface area contributed by atoms with E-state index in [1.165, 1.54) is 11.8 Å². The third kappa shape index (κ3) is 5.49. The zero-order valence-electron chi connectivity index (χ0n) is 17.2. The lowest BCUT2D eigenvalue weighted by Gasteiger charge is -2.40. The van der Waals surface area contributed by atoms with E-state index in [0.29, 0.717) is 18.1 Å². The van der Waals surface area contributed by atoms with Crippen LogP contribution in [0.15, 0.2) is 42.5 Å². The number of thioether (sulfide) groups is 1. The fourth-order valence-corrected chi connectivity index (χ4v) is 4.70. The van der Waals surface area contributed by atoms with Crippen molar-refractivity contribution < 1.29 is 24.8 Å². The highest BCUT2D eigenvalue weighted by molar-refractivity contribution is 7.99. The SMILES string of the molecule is CCCS[C@H]1O[C@H](c2ccc(Cl)c(Cc3ccc(OCC)cc3)c2)[C@H](O)[C@@H](O)[C@H]1O. The van der Waals surface area contributed by atoms with Crippen LogP contribution in [0.3, 0.4) is 0 Å². The molecule has 0 aromatic heterocycles. The number of hydrogen-bond donors (Lipinski definition) is 3. The van der Waals surface area contributed by atoms with Crippen molar-refractivity contribution in [3.05, 3.63) is 64.2 Å². The van der Waals surface area contributed by atoms with Crippen LogP contribution in [-0.2, 0) is 11.2 Å². The van der Waals surface area contributed by atoms with E-state index in [9.17, 15) is 15.3 Å². The van der Waals surface area contributed by atoms with E-state index in [0.717, 1.165) is 34.6 Å². The number of benzene rings is 2.